The number of amides is 1. The van der Waals surface area contributed by atoms with Crippen LogP contribution in [0.4, 0.5) is 0 Å². The molecule has 3 heteroatoms. The lowest BCUT2D eigenvalue weighted by Gasteiger charge is -2.05. The van der Waals surface area contributed by atoms with Gasteiger partial charge in [-0.15, -0.1) is 0 Å². The van der Waals surface area contributed by atoms with Crippen molar-refractivity contribution in [1.29, 1.82) is 0 Å². The third-order valence-corrected chi connectivity index (χ3v) is 1.62. The van der Waals surface area contributed by atoms with Gasteiger partial charge in [0.25, 0.3) is 0 Å². The molecule has 0 aliphatic carbocycles. The summed E-state index contributed by atoms with van der Waals surface area (Å²) in [6.45, 7) is 0.984. The average Bonchev–Trinajstić information content (AvgIpc) is 2.37. The Labute approximate surface area is 54.8 Å². The smallest absolute Gasteiger partial charge is 0.236 e. The Morgan fingerprint density at radius 1 is 1.78 bits per heavy atom. The van der Waals surface area contributed by atoms with Gasteiger partial charge in [0.2, 0.25) is 5.91 Å². The maximum atomic E-state index is 10.8. The van der Waals surface area contributed by atoms with Crippen LogP contribution in [0.1, 0.15) is 12.8 Å². The van der Waals surface area contributed by atoms with Crippen LogP contribution in [0.5, 0.6) is 0 Å². The van der Waals surface area contributed by atoms with E-state index in [0.717, 1.165) is 19.4 Å². The first kappa shape index (κ1) is 6.55. The van der Waals surface area contributed by atoms with Crippen molar-refractivity contribution in [2.45, 2.75) is 18.9 Å². The molecule has 2 N–H and O–H groups in total. The molecule has 0 aromatic rings. The largest absolute Gasteiger partial charge is 0.358 e. The van der Waals surface area contributed by atoms with E-state index in [2.05, 4.69) is 10.6 Å². The normalized spacial score (nSPS) is 26.1. The monoisotopic (exact) mass is 128 g/mol. The highest BCUT2D eigenvalue weighted by molar-refractivity contribution is 5.81. The molecule has 1 atom stereocenters. The summed E-state index contributed by atoms with van der Waals surface area (Å²) in [6, 6.07) is 0.0787. The van der Waals surface area contributed by atoms with E-state index in [1.54, 1.807) is 7.05 Å². The van der Waals surface area contributed by atoms with Gasteiger partial charge in [-0.3, -0.25) is 4.79 Å². The van der Waals surface area contributed by atoms with E-state index in [1.807, 2.05) is 0 Å². The number of likely N-dealkylation sites (N-methyl/N-ethyl adjacent to an activating group) is 1. The SMILES string of the molecule is CNC(=O)[C@H]1CCCN1. The van der Waals surface area contributed by atoms with E-state index in [0.29, 0.717) is 0 Å². The van der Waals surface area contributed by atoms with Crippen LogP contribution in [-0.2, 0) is 4.79 Å². The van der Waals surface area contributed by atoms with Crippen LogP contribution in [0.2, 0.25) is 0 Å². The fourth-order valence-electron chi connectivity index (χ4n) is 1.08. The lowest BCUT2D eigenvalue weighted by Crippen LogP contribution is -2.38. The summed E-state index contributed by atoms with van der Waals surface area (Å²) in [4.78, 5) is 10.8. The summed E-state index contributed by atoms with van der Waals surface area (Å²) in [5.74, 6) is 0.118. The van der Waals surface area contributed by atoms with Gasteiger partial charge in [0.1, 0.15) is 0 Å². The van der Waals surface area contributed by atoms with Crippen molar-refractivity contribution < 1.29 is 4.79 Å². The molecular formula is C6H12N2O. The third-order valence-electron chi connectivity index (χ3n) is 1.62. The van der Waals surface area contributed by atoms with Gasteiger partial charge >= 0.3 is 0 Å². The first-order valence-corrected chi connectivity index (χ1v) is 3.29. The molecule has 1 rings (SSSR count). The number of rotatable bonds is 1. The van der Waals surface area contributed by atoms with E-state index in [1.165, 1.54) is 0 Å². The molecule has 0 unspecified atom stereocenters. The van der Waals surface area contributed by atoms with Crippen LogP contribution >= 0.6 is 0 Å². The standard InChI is InChI=1S/C6H12N2O/c1-7-6(9)5-3-2-4-8-5/h5,8H,2-4H2,1H3,(H,7,9)/t5-/m1/s1. The molecule has 0 spiro atoms. The molecule has 0 radical (unpaired) electrons. The van der Waals surface area contributed by atoms with Crippen molar-refractivity contribution in [3.63, 3.8) is 0 Å². The molecule has 3 nitrogen and oxygen atoms in total. The van der Waals surface area contributed by atoms with E-state index in [-0.39, 0.29) is 11.9 Å². The van der Waals surface area contributed by atoms with Crippen molar-refractivity contribution in [2.75, 3.05) is 13.6 Å². The zero-order valence-electron chi connectivity index (χ0n) is 5.61. The Morgan fingerprint density at radius 3 is 3.00 bits per heavy atom. The quantitative estimate of drug-likeness (QED) is 0.499. The second-order valence-corrected chi connectivity index (χ2v) is 2.26. The second kappa shape index (κ2) is 2.82. The Bertz CT molecular complexity index is 108. The molecule has 1 fully saturated rings. The van der Waals surface area contributed by atoms with Crippen LogP contribution in [0.15, 0.2) is 0 Å². The van der Waals surface area contributed by atoms with Crippen LogP contribution in [0.25, 0.3) is 0 Å². The van der Waals surface area contributed by atoms with E-state index < -0.39 is 0 Å². The molecule has 1 aliphatic rings. The molecule has 0 aromatic carbocycles. The molecule has 1 heterocycles. The molecule has 0 aromatic heterocycles. The van der Waals surface area contributed by atoms with Crippen molar-refractivity contribution in [1.82, 2.24) is 10.6 Å². The highest BCUT2D eigenvalue weighted by atomic mass is 16.2. The van der Waals surface area contributed by atoms with Crippen molar-refractivity contribution in [3.05, 3.63) is 0 Å². The molecule has 9 heavy (non-hydrogen) atoms. The summed E-state index contributed by atoms with van der Waals surface area (Å²) >= 11 is 0. The Balaban J connectivity index is 2.32. The number of hydrogen-bond acceptors (Lipinski definition) is 2. The molecule has 1 aliphatic heterocycles. The van der Waals surface area contributed by atoms with Gasteiger partial charge in [0.05, 0.1) is 6.04 Å². The Morgan fingerprint density at radius 2 is 2.56 bits per heavy atom. The highest BCUT2D eigenvalue weighted by Crippen LogP contribution is 2.03. The lowest BCUT2D eigenvalue weighted by molar-refractivity contribution is -0.122. The first-order valence-electron chi connectivity index (χ1n) is 3.29. The first-order chi connectivity index (χ1) is 4.34. The summed E-state index contributed by atoms with van der Waals surface area (Å²) in [7, 11) is 1.67. The molecule has 0 bridgehead atoms. The predicted octanol–water partition coefficient (Wildman–Crippen LogP) is -0.516. The van der Waals surface area contributed by atoms with Crippen molar-refractivity contribution in [3.8, 4) is 0 Å². The summed E-state index contributed by atoms with van der Waals surface area (Å²) in [5.41, 5.74) is 0. The van der Waals surface area contributed by atoms with Gasteiger partial charge in [-0.25, -0.2) is 0 Å². The van der Waals surface area contributed by atoms with Gasteiger partial charge < -0.3 is 10.6 Å². The molecule has 1 amide bonds. The van der Waals surface area contributed by atoms with Gasteiger partial charge in [-0.1, -0.05) is 0 Å². The molecule has 0 saturated carbocycles. The van der Waals surface area contributed by atoms with E-state index >= 15 is 0 Å². The van der Waals surface area contributed by atoms with Gasteiger partial charge in [0, 0.05) is 7.05 Å². The minimum Gasteiger partial charge on any atom is -0.358 e. The fraction of sp³-hybridized carbons (Fsp3) is 0.833. The summed E-state index contributed by atoms with van der Waals surface area (Å²) in [6.07, 6.45) is 2.11. The van der Waals surface area contributed by atoms with Crippen LogP contribution in [0, 0.1) is 0 Å². The van der Waals surface area contributed by atoms with Crippen molar-refractivity contribution >= 4 is 5.91 Å². The zero-order valence-corrected chi connectivity index (χ0v) is 5.61. The number of hydrogen-bond donors (Lipinski definition) is 2. The molecule has 52 valence electrons. The number of nitrogens with one attached hydrogen (secondary N) is 2. The minimum atomic E-state index is 0.0787. The average molecular weight is 128 g/mol. The maximum absolute atomic E-state index is 10.8. The Kier molecular flexibility index (Phi) is 2.05. The highest BCUT2D eigenvalue weighted by Gasteiger charge is 2.19. The summed E-state index contributed by atoms with van der Waals surface area (Å²) < 4.78 is 0. The predicted molar refractivity (Wildman–Crippen MR) is 35.1 cm³/mol. The second-order valence-electron chi connectivity index (χ2n) is 2.26. The van der Waals surface area contributed by atoms with Gasteiger partial charge in [-0.2, -0.15) is 0 Å². The van der Waals surface area contributed by atoms with Crippen LogP contribution < -0.4 is 10.6 Å². The lowest BCUT2D eigenvalue weighted by atomic mass is 10.2. The topological polar surface area (TPSA) is 41.1 Å². The van der Waals surface area contributed by atoms with Gasteiger partial charge in [0.15, 0.2) is 0 Å². The van der Waals surface area contributed by atoms with Crippen LogP contribution in [0.3, 0.4) is 0 Å². The summed E-state index contributed by atoms with van der Waals surface area (Å²) in [5, 5.41) is 5.70. The maximum Gasteiger partial charge on any atom is 0.236 e. The fourth-order valence-corrected chi connectivity index (χ4v) is 1.08. The zero-order chi connectivity index (χ0) is 6.69. The third kappa shape index (κ3) is 1.42. The molecular weight excluding hydrogens is 116 g/mol. The van der Waals surface area contributed by atoms with E-state index in [9.17, 15) is 4.79 Å². The number of carbonyl (C=O) groups is 1. The van der Waals surface area contributed by atoms with Crippen molar-refractivity contribution in [2.24, 2.45) is 0 Å². The van der Waals surface area contributed by atoms with Gasteiger partial charge in [-0.05, 0) is 19.4 Å². The molecule has 1 saturated heterocycles. The Hall–Kier alpha value is -0.570. The van der Waals surface area contributed by atoms with Crippen LogP contribution in [-0.4, -0.2) is 25.5 Å². The number of carbonyl (C=O) groups excluding carboxylic acids is 1. The van der Waals surface area contributed by atoms with E-state index in [4.69, 9.17) is 0 Å². The minimum absolute atomic E-state index is 0.0787.